The van der Waals surface area contributed by atoms with Crippen molar-refractivity contribution < 1.29 is 34.8 Å². The van der Waals surface area contributed by atoms with Crippen LogP contribution in [-0.2, 0) is 27.2 Å². The SMILES string of the molecule is CC(C)(C)CCc1ccc(O)c2c1C[C@H]1C[C@H]3CC(=O)C(C(N)=O)=C(O)[C@@]3(O)C(=O)C1=C2O. The monoisotopic (exact) mass is 455 g/mol. The first kappa shape index (κ1) is 23.0. The van der Waals surface area contributed by atoms with E-state index < -0.39 is 52.0 Å². The molecular formula is C25H29NO7. The van der Waals surface area contributed by atoms with E-state index in [1.54, 1.807) is 0 Å². The Labute approximate surface area is 191 Å². The molecule has 0 saturated heterocycles. The second kappa shape index (κ2) is 7.45. The third-order valence-electron chi connectivity index (χ3n) is 7.19. The molecule has 1 saturated carbocycles. The van der Waals surface area contributed by atoms with Gasteiger partial charge in [-0.15, -0.1) is 0 Å². The highest BCUT2D eigenvalue weighted by molar-refractivity contribution is 6.22. The van der Waals surface area contributed by atoms with Gasteiger partial charge in [0.25, 0.3) is 5.91 Å². The lowest BCUT2D eigenvalue weighted by Gasteiger charge is -2.46. The van der Waals surface area contributed by atoms with Crippen LogP contribution in [0.15, 0.2) is 29.0 Å². The average molecular weight is 456 g/mol. The lowest BCUT2D eigenvalue weighted by atomic mass is 9.59. The van der Waals surface area contributed by atoms with Gasteiger partial charge in [-0.3, -0.25) is 14.4 Å². The van der Waals surface area contributed by atoms with Crippen LogP contribution < -0.4 is 5.73 Å². The van der Waals surface area contributed by atoms with Crippen LogP contribution in [0.25, 0.3) is 5.76 Å². The molecule has 176 valence electrons. The minimum absolute atomic E-state index is 0.0736. The molecule has 0 unspecified atom stereocenters. The van der Waals surface area contributed by atoms with Crippen molar-refractivity contribution in [3.05, 3.63) is 45.7 Å². The van der Waals surface area contributed by atoms with Crippen LogP contribution in [0.2, 0.25) is 0 Å². The highest BCUT2D eigenvalue weighted by atomic mass is 16.3. The largest absolute Gasteiger partial charge is 0.508 e. The molecule has 0 heterocycles. The Morgan fingerprint density at radius 2 is 1.82 bits per heavy atom. The van der Waals surface area contributed by atoms with E-state index in [0.29, 0.717) is 12.8 Å². The number of ketones is 2. The number of benzene rings is 1. The van der Waals surface area contributed by atoms with Crippen molar-refractivity contribution >= 4 is 23.2 Å². The Balaban J connectivity index is 1.85. The van der Waals surface area contributed by atoms with Gasteiger partial charge in [0.1, 0.15) is 22.8 Å². The molecule has 3 aliphatic rings. The number of aromatic hydroxyl groups is 1. The van der Waals surface area contributed by atoms with E-state index in [-0.39, 0.29) is 35.1 Å². The maximum atomic E-state index is 13.5. The number of primary amides is 1. The van der Waals surface area contributed by atoms with E-state index in [2.05, 4.69) is 20.8 Å². The van der Waals surface area contributed by atoms with Crippen LogP contribution in [0, 0.1) is 17.3 Å². The number of aliphatic hydroxyl groups is 3. The second-order valence-corrected chi connectivity index (χ2v) is 10.6. The number of carbonyl (C=O) groups is 3. The summed E-state index contributed by atoms with van der Waals surface area (Å²) in [6.45, 7) is 6.36. The fourth-order valence-electron chi connectivity index (χ4n) is 5.43. The molecule has 0 aromatic heterocycles. The Morgan fingerprint density at radius 1 is 1.15 bits per heavy atom. The molecule has 8 nitrogen and oxygen atoms in total. The Kier molecular flexibility index (Phi) is 5.20. The fraction of sp³-hybridized carbons (Fsp3) is 0.480. The first-order valence-electron chi connectivity index (χ1n) is 11.1. The first-order chi connectivity index (χ1) is 15.3. The van der Waals surface area contributed by atoms with Gasteiger partial charge in [-0.2, -0.15) is 0 Å². The van der Waals surface area contributed by atoms with Gasteiger partial charge in [0.15, 0.2) is 11.4 Å². The predicted octanol–water partition coefficient (Wildman–Crippen LogP) is 2.40. The molecule has 1 fully saturated rings. The molecular weight excluding hydrogens is 426 g/mol. The number of phenols is 1. The molecule has 0 radical (unpaired) electrons. The van der Waals surface area contributed by atoms with E-state index in [0.717, 1.165) is 17.5 Å². The Bertz CT molecular complexity index is 1150. The molecule has 4 rings (SSSR count). The van der Waals surface area contributed by atoms with E-state index in [1.165, 1.54) is 6.07 Å². The van der Waals surface area contributed by atoms with E-state index in [9.17, 15) is 34.8 Å². The molecule has 1 aromatic rings. The number of hydrogen-bond acceptors (Lipinski definition) is 7. The number of aliphatic hydroxyl groups excluding tert-OH is 2. The number of amides is 1. The average Bonchev–Trinajstić information content (AvgIpc) is 2.69. The zero-order chi connectivity index (χ0) is 24.5. The van der Waals surface area contributed by atoms with Gasteiger partial charge in [-0.05, 0) is 54.2 Å². The molecule has 8 heteroatoms. The minimum Gasteiger partial charge on any atom is -0.508 e. The molecule has 3 atom stereocenters. The zero-order valence-electron chi connectivity index (χ0n) is 18.9. The number of hydrogen-bond donors (Lipinski definition) is 5. The quantitative estimate of drug-likeness (QED) is 0.438. The van der Waals surface area contributed by atoms with Crippen LogP contribution >= 0.6 is 0 Å². The highest BCUT2D eigenvalue weighted by Crippen LogP contribution is 2.52. The summed E-state index contributed by atoms with van der Waals surface area (Å²) in [4.78, 5) is 37.6. The highest BCUT2D eigenvalue weighted by Gasteiger charge is 2.60. The number of fused-ring (bicyclic) bond motifs is 3. The van der Waals surface area contributed by atoms with Gasteiger partial charge < -0.3 is 26.2 Å². The van der Waals surface area contributed by atoms with Crippen LogP contribution in [0.5, 0.6) is 5.75 Å². The van der Waals surface area contributed by atoms with Gasteiger partial charge in [-0.25, -0.2) is 0 Å². The van der Waals surface area contributed by atoms with Gasteiger partial charge in [0, 0.05) is 17.9 Å². The maximum absolute atomic E-state index is 13.5. The standard InChI is InChI=1S/C25H29NO7/c1-24(2,3)7-6-11-4-5-15(27)18-14(11)9-12-8-13-10-16(28)19(23(26)32)22(31)25(13,33)21(30)17(12)20(18)29/h4-5,12-13,27,29,31,33H,6-10H2,1-3H3,(H2,26,32)/t12-,13+,25+/m1/s1. The van der Waals surface area contributed by atoms with Crippen molar-refractivity contribution in [1.82, 2.24) is 0 Å². The van der Waals surface area contributed by atoms with Crippen LogP contribution in [0.3, 0.4) is 0 Å². The molecule has 0 bridgehead atoms. The van der Waals surface area contributed by atoms with Crippen molar-refractivity contribution in [2.75, 3.05) is 0 Å². The first-order valence-corrected chi connectivity index (χ1v) is 11.1. The lowest BCUT2D eigenvalue weighted by Crippen LogP contribution is -2.58. The van der Waals surface area contributed by atoms with Gasteiger partial charge in [0.2, 0.25) is 5.78 Å². The van der Waals surface area contributed by atoms with Crippen LogP contribution in [0.4, 0.5) is 0 Å². The van der Waals surface area contributed by atoms with Crippen LogP contribution in [-0.4, -0.2) is 43.5 Å². The fourth-order valence-corrected chi connectivity index (χ4v) is 5.43. The molecule has 3 aliphatic carbocycles. The number of nitrogens with two attached hydrogens (primary N) is 1. The summed E-state index contributed by atoms with van der Waals surface area (Å²) in [7, 11) is 0. The molecule has 33 heavy (non-hydrogen) atoms. The number of phenolic OH excluding ortho intramolecular Hbond substituents is 1. The molecule has 6 N–H and O–H groups in total. The van der Waals surface area contributed by atoms with E-state index >= 15 is 0 Å². The van der Waals surface area contributed by atoms with Gasteiger partial charge in [-0.1, -0.05) is 26.8 Å². The third-order valence-corrected chi connectivity index (χ3v) is 7.19. The van der Waals surface area contributed by atoms with Crippen molar-refractivity contribution in [2.45, 2.75) is 58.5 Å². The van der Waals surface area contributed by atoms with E-state index in [4.69, 9.17) is 5.73 Å². The molecule has 1 aromatic carbocycles. The van der Waals surface area contributed by atoms with Gasteiger partial charge in [0.05, 0.1) is 5.56 Å². The van der Waals surface area contributed by atoms with Crippen molar-refractivity contribution in [2.24, 2.45) is 23.0 Å². The number of rotatable bonds is 3. The molecule has 0 aliphatic heterocycles. The smallest absolute Gasteiger partial charge is 0.255 e. The zero-order valence-corrected chi connectivity index (χ0v) is 18.9. The van der Waals surface area contributed by atoms with Crippen LogP contribution in [0.1, 0.15) is 56.7 Å². The van der Waals surface area contributed by atoms with Crippen molar-refractivity contribution in [3.63, 3.8) is 0 Å². The Hall–Kier alpha value is -3.13. The maximum Gasteiger partial charge on any atom is 0.255 e. The number of carbonyl (C=O) groups excluding carboxylic acids is 3. The number of aryl methyl sites for hydroxylation is 1. The summed E-state index contributed by atoms with van der Waals surface area (Å²) in [5.41, 5.74) is 3.67. The summed E-state index contributed by atoms with van der Waals surface area (Å²) < 4.78 is 0. The Morgan fingerprint density at radius 3 is 2.42 bits per heavy atom. The lowest BCUT2D eigenvalue weighted by molar-refractivity contribution is -0.147. The minimum atomic E-state index is -2.53. The normalized spacial score (nSPS) is 27.3. The van der Waals surface area contributed by atoms with E-state index in [1.807, 2.05) is 6.07 Å². The number of Topliss-reactive ketones (excluding diaryl/α,β-unsaturated/α-hetero) is 2. The summed E-state index contributed by atoms with van der Waals surface area (Å²) in [6.07, 6.45) is 1.74. The van der Waals surface area contributed by atoms with Crippen molar-refractivity contribution in [3.8, 4) is 5.75 Å². The summed E-state index contributed by atoms with van der Waals surface area (Å²) in [5.74, 6) is -6.10. The van der Waals surface area contributed by atoms with Crippen molar-refractivity contribution in [1.29, 1.82) is 0 Å². The molecule has 0 spiro atoms. The molecule has 1 amide bonds. The predicted molar refractivity (Wildman–Crippen MR) is 119 cm³/mol. The summed E-state index contributed by atoms with van der Waals surface area (Å²) in [6, 6.07) is 3.29. The summed E-state index contributed by atoms with van der Waals surface area (Å²) >= 11 is 0. The third kappa shape index (κ3) is 3.44. The van der Waals surface area contributed by atoms with Gasteiger partial charge >= 0.3 is 0 Å². The summed E-state index contributed by atoms with van der Waals surface area (Å²) in [5, 5.41) is 43.5. The second-order valence-electron chi connectivity index (χ2n) is 10.6. The topological polar surface area (TPSA) is 158 Å².